The normalized spacial score (nSPS) is 22.0. The SMILES string of the molecule is Cc1ccccc1OC[C@H](O)CN1CCn2c3c(c4cc(C5CCCCC5)ccc42)CCC[C@H]31. The highest BCUT2D eigenvalue weighted by molar-refractivity contribution is 5.87. The van der Waals surface area contributed by atoms with Gasteiger partial charge in [-0.05, 0) is 79.8 Å². The van der Waals surface area contributed by atoms with E-state index in [-0.39, 0.29) is 0 Å². The Morgan fingerprint density at radius 2 is 1.85 bits per heavy atom. The van der Waals surface area contributed by atoms with Crippen molar-refractivity contribution >= 4 is 10.9 Å². The molecule has 3 aromatic rings. The van der Waals surface area contributed by atoms with Crippen molar-refractivity contribution in [1.29, 1.82) is 0 Å². The molecule has 1 aromatic heterocycles. The summed E-state index contributed by atoms with van der Waals surface area (Å²) in [6, 6.07) is 15.8. The molecule has 2 aliphatic carbocycles. The van der Waals surface area contributed by atoms with Gasteiger partial charge in [0.15, 0.2) is 0 Å². The van der Waals surface area contributed by atoms with Gasteiger partial charge in [-0.15, -0.1) is 0 Å². The van der Waals surface area contributed by atoms with Gasteiger partial charge in [0.05, 0.1) is 6.04 Å². The molecule has 1 aliphatic heterocycles. The van der Waals surface area contributed by atoms with E-state index in [4.69, 9.17) is 4.74 Å². The van der Waals surface area contributed by atoms with Crippen molar-refractivity contribution in [1.82, 2.24) is 9.47 Å². The van der Waals surface area contributed by atoms with Crippen molar-refractivity contribution in [3.63, 3.8) is 0 Å². The lowest BCUT2D eigenvalue weighted by Crippen LogP contribution is -2.44. The first-order chi connectivity index (χ1) is 16.7. The van der Waals surface area contributed by atoms with Crippen LogP contribution < -0.4 is 4.74 Å². The lowest BCUT2D eigenvalue weighted by molar-refractivity contribution is 0.0373. The molecule has 2 atom stereocenters. The van der Waals surface area contributed by atoms with Crippen LogP contribution in [0.25, 0.3) is 10.9 Å². The van der Waals surface area contributed by atoms with Crippen LogP contribution in [0.5, 0.6) is 5.75 Å². The molecule has 0 bridgehead atoms. The standard InChI is InChI=1S/C30H38N2O2/c1-21-8-5-6-13-29(21)34-20-24(33)19-31-16-17-32-27-15-14-23(22-9-3-2-4-10-22)18-26(27)25-11-7-12-28(31)30(25)32/h5-6,8,13-15,18,22,24,28,33H,2-4,7,9-12,16-17,19-20H2,1H3/t24-,28-/m1/s1. The third kappa shape index (κ3) is 4.05. The molecule has 0 radical (unpaired) electrons. The summed E-state index contributed by atoms with van der Waals surface area (Å²) >= 11 is 0. The van der Waals surface area contributed by atoms with Crippen LogP contribution in [0, 0.1) is 6.92 Å². The molecule has 2 heterocycles. The molecule has 1 N–H and O–H groups in total. The highest BCUT2D eigenvalue weighted by Gasteiger charge is 2.35. The number of hydrogen-bond acceptors (Lipinski definition) is 3. The highest BCUT2D eigenvalue weighted by Crippen LogP contribution is 2.44. The number of nitrogens with zero attached hydrogens (tertiary/aromatic N) is 2. The fraction of sp³-hybridized carbons (Fsp3) is 0.533. The number of hydrogen-bond donors (Lipinski definition) is 1. The van der Waals surface area contributed by atoms with Crippen LogP contribution in [-0.2, 0) is 13.0 Å². The molecule has 4 heteroatoms. The van der Waals surface area contributed by atoms with E-state index in [0.29, 0.717) is 19.2 Å². The molecular formula is C30H38N2O2. The molecule has 1 fully saturated rings. The van der Waals surface area contributed by atoms with Crippen LogP contribution in [0.1, 0.15) is 79.3 Å². The summed E-state index contributed by atoms with van der Waals surface area (Å²) in [5.41, 5.74) is 7.22. The van der Waals surface area contributed by atoms with Crippen molar-refractivity contribution in [2.45, 2.75) is 82.9 Å². The van der Waals surface area contributed by atoms with Crippen molar-refractivity contribution in [3.05, 3.63) is 64.8 Å². The maximum atomic E-state index is 10.8. The number of rotatable bonds is 6. The van der Waals surface area contributed by atoms with E-state index >= 15 is 0 Å². The smallest absolute Gasteiger partial charge is 0.122 e. The summed E-state index contributed by atoms with van der Waals surface area (Å²) in [5.74, 6) is 1.62. The number of ether oxygens (including phenoxy) is 1. The highest BCUT2D eigenvalue weighted by atomic mass is 16.5. The van der Waals surface area contributed by atoms with Crippen LogP contribution in [0.2, 0.25) is 0 Å². The molecule has 0 spiro atoms. The van der Waals surface area contributed by atoms with Crippen LogP contribution in [-0.4, -0.2) is 40.4 Å². The minimum Gasteiger partial charge on any atom is -0.491 e. The molecule has 0 saturated heterocycles. The zero-order valence-electron chi connectivity index (χ0n) is 20.5. The fourth-order valence-corrected chi connectivity index (χ4v) is 6.83. The van der Waals surface area contributed by atoms with Crippen LogP contribution >= 0.6 is 0 Å². The van der Waals surface area contributed by atoms with E-state index in [9.17, 15) is 5.11 Å². The van der Waals surface area contributed by atoms with Gasteiger partial charge in [-0.1, -0.05) is 43.5 Å². The lowest BCUT2D eigenvalue weighted by Gasteiger charge is -2.40. The first-order valence-corrected chi connectivity index (χ1v) is 13.4. The van der Waals surface area contributed by atoms with Crippen LogP contribution in [0.4, 0.5) is 0 Å². The lowest BCUT2D eigenvalue weighted by atomic mass is 9.83. The van der Waals surface area contributed by atoms with Crippen molar-refractivity contribution in [2.24, 2.45) is 0 Å². The van der Waals surface area contributed by atoms with Crippen molar-refractivity contribution in [3.8, 4) is 5.75 Å². The number of aryl methyl sites for hydroxylation is 2. The summed E-state index contributed by atoms with van der Waals surface area (Å²) < 4.78 is 8.56. The zero-order valence-corrected chi connectivity index (χ0v) is 20.5. The van der Waals surface area contributed by atoms with Crippen molar-refractivity contribution < 1.29 is 9.84 Å². The van der Waals surface area contributed by atoms with E-state index in [2.05, 4.69) is 40.7 Å². The average molecular weight is 459 g/mol. The number of para-hydroxylation sites is 1. The van der Waals surface area contributed by atoms with Gasteiger partial charge in [-0.3, -0.25) is 4.90 Å². The Labute approximate surface area is 203 Å². The third-order valence-electron chi connectivity index (χ3n) is 8.55. The van der Waals surface area contributed by atoms with E-state index in [1.165, 1.54) is 68.0 Å². The predicted octanol–water partition coefficient (Wildman–Crippen LogP) is 6.13. The second-order valence-corrected chi connectivity index (χ2v) is 10.8. The minimum absolute atomic E-state index is 0.342. The Bertz CT molecular complexity index is 1160. The maximum absolute atomic E-state index is 10.8. The summed E-state index contributed by atoms with van der Waals surface area (Å²) in [5, 5.41) is 12.4. The Morgan fingerprint density at radius 1 is 1.00 bits per heavy atom. The summed E-state index contributed by atoms with van der Waals surface area (Å²) in [6.45, 7) is 5.07. The van der Waals surface area contributed by atoms with E-state index in [1.54, 1.807) is 11.1 Å². The van der Waals surface area contributed by atoms with Crippen molar-refractivity contribution in [2.75, 3.05) is 19.7 Å². The number of β-amino-alcohol motifs (C(OH)–C–C–N with tert-alkyl or cyclic N) is 1. The molecule has 180 valence electrons. The van der Waals surface area contributed by atoms with Gasteiger partial charge in [-0.25, -0.2) is 0 Å². The number of aliphatic hydroxyl groups excluding tert-OH is 1. The molecule has 4 nitrogen and oxygen atoms in total. The van der Waals surface area contributed by atoms with E-state index in [1.807, 2.05) is 18.2 Å². The summed E-state index contributed by atoms with van der Waals surface area (Å²) in [7, 11) is 0. The molecular weight excluding hydrogens is 420 g/mol. The van der Waals surface area contributed by atoms with Gasteiger partial charge in [0.2, 0.25) is 0 Å². The van der Waals surface area contributed by atoms with Gasteiger partial charge in [0, 0.05) is 36.2 Å². The molecule has 6 rings (SSSR count). The Balaban J connectivity index is 1.22. The molecule has 2 aromatic carbocycles. The average Bonchev–Trinajstić information content (AvgIpc) is 3.20. The van der Waals surface area contributed by atoms with Crippen LogP contribution in [0.3, 0.4) is 0 Å². The first-order valence-electron chi connectivity index (χ1n) is 13.4. The molecule has 0 unspecified atom stereocenters. The van der Waals surface area contributed by atoms with Gasteiger partial charge >= 0.3 is 0 Å². The Hall–Kier alpha value is -2.30. The second kappa shape index (κ2) is 9.39. The number of aliphatic hydroxyl groups is 1. The monoisotopic (exact) mass is 458 g/mol. The fourth-order valence-electron chi connectivity index (χ4n) is 6.83. The minimum atomic E-state index is -0.487. The zero-order chi connectivity index (χ0) is 23.1. The summed E-state index contributed by atoms with van der Waals surface area (Å²) in [6.07, 6.45) is 10.0. The molecule has 34 heavy (non-hydrogen) atoms. The van der Waals surface area contributed by atoms with E-state index in [0.717, 1.165) is 30.3 Å². The Morgan fingerprint density at radius 3 is 2.71 bits per heavy atom. The Kier molecular flexibility index (Phi) is 6.13. The third-order valence-corrected chi connectivity index (χ3v) is 8.55. The van der Waals surface area contributed by atoms with Gasteiger partial charge in [0.25, 0.3) is 0 Å². The quantitative estimate of drug-likeness (QED) is 0.483. The first kappa shape index (κ1) is 22.2. The van der Waals surface area contributed by atoms with Gasteiger partial charge in [-0.2, -0.15) is 0 Å². The molecule has 1 saturated carbocycles. The number of aromatic nitrogens is 1. The van der Waals surface area contributed by atoms with Gasteiger partial charge in [0.1, 0.15) is 18.5 Å². The van der Waals surface area contributed by atoms with Crippen LogP contribution in [0.15, 0.2) is 42.5 Å². The largest absolute Gasteiger partial charge is 0.491 e. The number of fused-ring (bicyclic) bond motifs is 3. The summed E-state index contributed by atoms with van der Waals surface area (Å²) in [4.78, 5) is 2.52. The maximum Gasteiger partial charge on any atom is 0.122 e. The number of benzene rings is 2. The second-order valence-electron chi connectivity index (χ2n) is 10.8. The van der Waals surface area contributed by atoms with Gasteiger partial charge < -0.3 is 14.4 Å². The molecule has 3 aliphatic rings. The predicted molar refractivity (Wildman–Crippen MR) is 138 cm³/mol. The topological polar surface area (TPSA) is 37.6 Å². The molecule has 0 amide bonds. The van der Waals surface area contributed by atoms with E-state index < -0.39 is 6.10 Å².